The Bertz CT molecular complexity index is 711. The van der Waals surface area contributed by atoms with Crippen LogP contribution in [0.15, 0.2) is 34.9 Å². The summed E-state index contributed by atoms with van der Waals surface area (Å²) in [6.45, 7) is 7.86. The molecule has 25 heavy (non-hydrogen) atoms. The quantitative estimate of drug-likeness (QED) is 0.631. The highest BCUT2D eigenvalue weighted by molar-refractivity contribution is 6.31. The van der Waals surface area contributed by atoms with E-state index in [0.717, 1.165) is 49.7 Å². The highest BCUT2D eigenvalue weighted by atomic mass is 35.5. The van der Waals surface area contributed by atoms with Crippen molar-refractivity contribution in [2.45, 2.75) is 20.0 Å². The second kappa shape index (κ2) is 8.47. The second-order valence-corrected chi connectivity index (χ2v) is 7.06. The molecule has 1 aromatic heterocycles. The van der Waals surface area contributed by atoms with Gasteiger partial charge in [-0.3, -0.25) is 4.79 Å². The minimum absolute atomic E-state index is 0.0745. The van der Waals surface area contributed by atoms with Crippen LogP contribution in [0, 0.1) is 6.92 Å². The SMILES string of the molecule is Cc1cc(C[NH+]2CC[NH+](CC(=O)NCc3ccccc3Cl)CC2)no1. The molecule has 6 nitrogen and oxygen atoms in total. The molecule has 1 aliphatic heterocycles. The zero-order chi connectivity index (χ0) is 17.6. The van der Waals surface area contributed by atoms with Crippen LogP contribution in [0.1, 0.15) is 17.0 Å². The number of halogens is 1. The molecule has 1 aliphatic rings. The van der Waals surface area contributed by atoms with Crippen molar-refractivity contribution in [3.8, 4) is 0 Å². The van der Waals surface area contributed by atoms with Crippen molar-refractivity contribution in [3.05, 3.63) is 52.4 Å². The Morgan fingerprint density at radius 2 is 1.96 bits per heavy atom. The maximum absolute atomic E-state index is 12.2. The summed E-state index contributed by atoms with van der Waals surface area (Å²) in [6, 6.07) is 9.58. The van der Waals surface area contributed by atoms with Crippen molar-refractivity contribution in [2.24, 2.45) is 0 Å². The first-order chi connectivity index (χ1) is 12.1. The summed E-state index contributed by atoms with van der Waals surface area (Å²) in [4.78, 5) is 15.0. The standard InChI is InChI=1S/C18H23ClN4O2/c1-14-10-16(21-25-14)12-22-6-8-23(9-7-22)13-18(24)20-11-15-4-2-3-5-17(15)19/h2-5,10H,6-9,11-13H2,1H3,(H,20,24)/p+2. The maximum Gasteiger partial charge on any atom is 0.275 e. The maximum atomic E-state index is 12.2. The van der Waals surface area contributed by atoms with Crippen LogP contribution in [0.3, 0.4) is 0 Å². The number of piperazine rings is 1. The van der Waals surface area contributed by atoms with Crippen LogP contribution in [0.25, 0.3) is 0 Å². The van der Waals surface area contributed by atoms with Crippen LogP contribution in [0.4, 0.5) is 0 Å². The van der Waals surface area contributed by atoms with E-state index in [-0.39, 0.29) is 5.91 Å². The number of nitrogens with zero attached hydrogens (tertiary/aromatic N) is 1. The van der Waals surface area contributed by atoms with Gasteiger partial charge in [0.1, 0.15) is 44.2 Å². The smallest absolute Gasteiger partial charge is 0.275 e. The van der Waals surface area contributed by atoms with Gasteiger partial charge in [-0.15, -0.1) is 0 Å². The monoisotopic (exact) mass is 364 g/mol. The van der Waals surface area contributed by atoms with Gasteiger partial charge in [0.2, 0.25) is 0 Å². The molecule has 1 aromatic carbocycles. The van der Waals surface area contributed by atoms with Gasteiger partial charge in [-0.1, -0.05) is 35.0 Å². The number of carbonyl (C=O) groups excluding carboxylic acids is 1. The average Bonchev–Trinajstić information content (AvgIpc) is 3.01. The number of hydrogen-bond donors (Lipinski definition) is 3. The molecule has 0 atom stereocenters. The third-order valence-electron chi connectivity index (χ3n) is 4.62. The summed E-state index contributed by atoms with van der Waals surface area (Å²) in [5.74, 6) is 0.930. The zero-order valence-electron chi connectivity index (χ0n) is 14.5. The van der Waals surface area contributed by atoms with E-state index in [9.17, 15) is 4.79 Å². The van der Waals surface area contributed by atoms with Crippen LogP contribution in [0.2, 0.25) is 5.02 Å². The van der Waals surface area contributed by atoms with Crippen molar-refractivity contribution in [2.75, 3.05) is 32.7 Å². The van der Waals surface area contributed by atoms with Gasteiger partial charge >= 0.3 is 0 Å². The van der Waals surface area contributed by atoms with E-state index < -0.39 is 0 Å². The number of hydrogen-bond acceptors (Lipinski definition) is 3. The predicted octanol–water partition coefficient (Wildman–Crippen LogP) is -0.764. The Balaban J connectivity index is 1.38. The number of quaternary nitrogens is 2. The molecule has 134 valence electrons. The lowest BCUT2D eigenvalue weighted by molar-refractivity contribution is -1.02. The van der Waals surface area contributed by atoms with E-state index in [2.05, 4.69) is 10.5 Å². The van der Waals surface area contributed by atoms with E-state index in [1.807, 2.05) is 37.3 Å². The third-order valence-corrected chi connectivity index (χ3v) is 4.99. The molecular weight excluding hydrogens is 340 g/mol. The van der Waals surface area contributed by atoms with Crippen LogP contribution in [0.5, 0.6) is 0 Å². The number of rotatable bonds is 6. The molecule has 0 radical (unpaired) electrons. The first-order valence-corrected chi connectivity index (χ1v) is 9.07. The molecule has 0 unspecified atom stereocenters. The van der Waals surface area contributed by atoms with E-state index in [1.54, 1.807) is 0 Å². The normalized spacial score (nSPS) is 20.4. The predicted molar refractivity (Wildman–Crippen MR) is 94.5 cm³/mol. The van der Waals surface area contributed by atoms with Crippen molar-refractivity contribution < 1.29 is 19.1 Å². The van der Waals surface area contributed by atoms with Gasteiger partial charge in [-0.25, -0.2) is 0 Å². The highest BCUT2D eigenvalue weighted by Crippen LogP contribution is 2.13. The highest BCUT2D eigenvalue weighted by Gasteiger charge is 2.25. The molecule has 3 rings (SSSR count). The van der Waals surface area contributed by atoms with Gasteiger partial charge in [-0.2, -0.15) is 0 Å². The van der Waals surface area contributed by atoms with Crippen LogP contribution < -0.4 is 15.1 Å². The molecule has 0 aliphatic carbocycles. The summed E-state index contributed by atoms with van der Waals surface area (Å²) in [6.07, 6.45) is 0. The fourth-order valence-electron chi connectivity index (χ4n) is 3.19. The Hall–Kier alpha value is -1.89. The number of amides is 1. The van der Waals surface area contributed by atoms with Gasteiger partial charge in [0, 0.05) is 17.6 Å². The number of nitrogens with one attached hydrogen (secondary N) is 3. The summed E-state index contributed by atoms with van der Waals surface area (Å²) in [5.41, 5.74) is 1.96. The first-order valence-electron chi connectivity index (χ1n) is 8.69. The molecule has 0 bridgehead atoms. The molecule has 3 N–H and O–H groups in total. The summed E-state index contributed by atoms with van der Waals surface area (Å²) in [7, 11) is 0. The molecule has 1 amide bonds. The number of aryl methyl sites for hydroxylation is 1. The topological polar surface area (TPSA) is 64.0 Å². The molecule has 0 saturated carbocycles. The number of carbonyl (C=O) groups is 1. The average molecular weight is 365 g/mol. The Morgan fingerprint density at radius 1 is 1.24 bits per heavy atom. The second-order valence-electron chi connectivity index (χ2n) is 6.65. The van der Waals surface area contributed by atoms with Gasteiger partial charge in [0.05, 0.1) is 0 Å². The van der Waals surface area contributed by atoms with E-state index in [4.69, 9.17) is 16.1 Å². The fourth-order valence-corrected chi connectivity index (χ4v) is 3.40. The summed E-state index contributed by atoms with van der Waals surface area (Å²) >= 11 is 6.11. The Morgan fingerprint density at radius 3 is 2.64 bits per heavy atom. The molecule has 2 heterocycles. The van der Waals surface area contributed by atoms with Crippen molar-refractivity contribution in [1.82, 2.24) is 10.5 Å². The molecule has 1 saturated heterocycles. The minimum atomic E-state index is 0.0745. The lowest BCUT2D eigenvalue weighted by atomic mass is 10.2. The lowest BCUT2D eigenvalue weighted by Crippen LogP contribution is -3.28. The number of benzene rings is 1. The zero-order valence-corrected chi connectivity index (χ0v) is 15.2. The van der Waals surface area contributed by atoms with Crippen LogP contribution >= 0.6 is 11.6 Å². The van der Waals surface area contributed by atoms with E-state index in [0.29, 0.717) is 18.1 Å². The van der Waals surface area contributed by atoms with Crippen LogP contribution in [-0.2, 0) is 17.9 Å². The van der Waals surface area contributed by atoms with Crippen molar-refractivity contribution in [1.29, 1.82) is 0 Å². The molecule has 0 spiro atoms. The molecular formula is C18H25ClN4O2+2. The molecule has 1 fully saturated rings. The Kier molecular flexibility index (Phi) is 6.07. The third kappa shape index (κ3) is 5.29. The van der Waals surface area contributed by atoms with Gasteiger partial charge < -0.3 is 19.6 Å². The number of aromatic nitrogens is 1. The first kappa shape index (κ1) is 17.9. The largest absolute Gasteiger partial charge is 0.361 e. The summed E-state index contributed by atoms with van der Waals surface area (Å²) in [5, 5.41) is 7.72. The van der Waals surface area contributed by atoms with Crippen molar-refractivity contribution >= 4 is 17.5 Å². The van der Waals surface area contributed by atoms with E-state index >= 15 is 0 Å². The molecule has 2 aromatic rings. The van der Waals surface area contributed by atoms with E-state index in [1.165, 1.54) is 9.80 Å². The molecule has 7 heteroatoms. The van der Waals surface area contributed by atoms with Gasteiger partial charge in [0.25, 0.3) is 5.91 Å². The van der Waals surface area contributed by atoms with Crippen LogP contribution in [-0.4, -0.2) is 43.8 Å². The Labute approximate surface area is 152 Å². The van der Waals surface area contributed by atoms with Gasteiger partial charge in [-0.05, 0) is 18.6 Å². The van der Waals surface area contributed by atoms with Crippen molar-refractivity contribution in [3.63, 3.8) is 0 Å². The lowest BCUT2D eigenvalue weighted by Gasteiger charge is -2.28. The van der Waals surface area contributed by atoms with Gasteiger partial charge in [0.15, 0.2) is 6.54 Å². The minimum Gasteiger partial charge on any atom is -0.361 e. The fraction of sp³-hybridized carbons (Fsp3) is 0.444. The summed E-state index contributed by atoms with van der Waals surface area (Å²) < 4.78 is 5.12.